The summed E-state index contributed by atoms with van der Waals surface area (Å²) in [6, 6.07) is 6.04. The van der Waals surface area contributed by atoms with Crippen LogP contribution >= 0.6 is 34.8 Å². The Balaban J connectivity index is 0.000000509. The van der Waals surface area contributed by atoms with Gasteiger partial charge in [0.15, 0.2) is 0 Å². The molecule has 0 aliphatic carbocycles. The number of halogens is 6. The molecule has 226 valence electrons. The van der Waals surface area contributed by atoms with E-state index < -0.39 is 11.7 Å². The van der Waals surface area contributed by atoms with Crippen LogP contribution in [0, 0.1) is 0 Å². The molecule has 0 radical (unpaired) electrons. The van der Waals surface area contributed by atoms with Crippen molar-refractivity contribution in [1.82, 2.24) is 4.98 Å². The number of nitrogens with zero attached hydrogens (tertiary/aromatic N) is 1. The zero-order valence-electron chi connectivity index (χ0n) is 24.9. The fraction of sp³-hybridized carbons (Fsp3) is 0.424. The molecule has 0 aliphatic heterocycles. The molecule has 0 spiro atoms. The third-order valence-electron chi connectivity index (χ3n) is 6.28. The Bertz CT molecular complexity index is 1290. The second-order valence-electron chi connectivity index (χ2n) is 9.82. The molecule has 8 heteroatoms. The minimum absolute atomic E-state index is 0.116. The molecule has 0 aliphatic rings. The minimum Gasteiger partial charge on any atom is -0.358 e. The maximum Gasteiger partial charge on any atom is 0.415 e. The lowest BCUT2D eigenvalue weighted by Gasteiger charge is -2.17. The fourth-order valence-electron chi connectivity index (χ4n) is 4.10. The molecule has 2 rings (SSSR count). The van der Waals surface area contributed by atoms with Crippen LogP contribution in [-0.4, -0.2) is 16.9 Å². The molecule has 1 unspecified atom stereocenters. The molecule has 0 amide bonds. The van der Waals surface area contributed by atoms with E-state index in [0.717, 1.165) is 82.7 Å². The topological polar surface area (TPSA) is 28.1 Å². The predicted octanol–water partition coefficient (Wildman–Crippen LogP) is 12.7. The van der Waals surface area contributed by atoms with Gasteiger partial charge in [0.05, 0.1) is 0 Å². The van der Waals surface area contributed by atoms with Crippen molar-refractivity contribution < 1.29 is 13.2 Å². The number of alkyl halides is 3. The molecule has 1 aromatic heterocycles. The third-order valence-corrected chi connectivity index (χ3v) is 7.01. The van der Waals surface area contributed by atoms with Gasteiger partial charge >= 0.3 is 6.18 Å². The van der Waals surface area contributed by atoms with Crippen LogP contribution in [0.5, 0.6) is 0 Å². The van der Waals surface area contributed by atoms with Gasteiger partial charge < -0.3 is 4.98 Å². The number of aromatic nitrogens is 1. The van der Waals surface area contributed by atoms with Gasteiger partial charge in [-0.3, -0.25) is 4.99 Å². The Kier molecular flexibility index (Phi) is 16.5. The van der Waals surface area contributed by atoms with Crippen LogP contribution < -0.4 is 0 Å². The molecule has 41 heavy (non-hydrogen) atoms. The Morgan fingerprint density at radius 1 is 1.10 bits per heavy atom. The summed E-state index contributed by atoms with van der Waals surface area (Å²) in [5.74, 6) is 0.116. The molecular weight excluding hydrogens is 588 g/mol. The van der Waals surface area contributed by atoms with Crippen molar-refractivity contribution in [2.45, 2.75) is 92.2 Å². The number of hydrogen-bond donors (Lipinski definition) is 1. The number of benzene rings is 1. The molecule has 0 saturated heterocycles. The second kappa shape index (κ2) is 18.4. The van der Waals surface area contributed by atoms with E-state index in [1.807, 2.05) is 38.1 Å². The normalized spacial score (nSPS) is 14.4. The van der Waals surface area contributed by atoms with E-state index in [4.69, 9.17) is 34.8 Å². The van der Waals surface area contributed by atoms with E-state index in [2.05, 4.69) is 49.5 Å². The molecule has 0 fully saturated rings. The van der Waals surface area contributed by atoms with Crippen LogP contribution in [0.2, 0.25) is 5.02 Å². The van der Waals surface area contributed by atoms with E-state index in [1.54, 1.807) is 6.92 Å². The van der Waals surface area contributed by atoms with Crippen molar-refractivity contribution in [2.75, 3.05) is 0 Å². The smallest absolute Gasteiger partial charge is 0.358 e. The molecule has 1 atom stereocenters. The molecule has 2 nitrogen and oxygen atoms in total. The number of rotatable bonds is 12. The summed E-state index contributed by atoms with van der Waals surface area (Å²) in [4.78, 5) is 7.47. The zero-order valence-corrected chi connectivity index (χ0v) is 27.1. The molecular formula is C33H42Cl3F3N2. The first-order valence-corrected chi connectivity index (χ1v) is 15.1. The molecule has 1 aromatic carbocycles. The number of aromatic amines is 1. The first kappa shape index (κ1) is 36.8. The number of fused-ring (bicyclic) bond motifs is 1. The summed E-state index contributed by atoms with van der Waals surface area (Å²) in [5.41, 5.74) is 4.65. The number of allylic oxidation sites excluding steroid dienone is 8. The summed E-state index contributed by atoms with van der Waals surface area (Å²) < 4.78 is 35.8. The average molecular weight is 630 g/mol. The average Bonchev–Trinajstić information content (AvgIpc) is 3.24. The maximum absolute atomic E-state index is 11.9. The Labute approximate surface area is 258 Å². The van der Waals surface area contributed by atoms with Crippen molar-refractivity contribution in [3.05, 3.63) is 92.8 Å². The number of aryl methyl sites for hydroxylation is 1. The van der Waals surface area contributed by atoms with Crippen molar-refractivity contribution in [2.24, 2.45) is 4.99 Å². The van der Waals surface area contributed by atoms with Crippen LogP contribution in [0.4, 0.5) is 13.2 Å². The first-order valence-electron chi connectivity index (χ1n) is 13.9. The highest BCUT2D eigenvalue weighted by Gasteiger charge is 2.29. The summed E-state index contributed by atoms with van der Waals surface area (Å²) in [6.07, 6.45) is 9.56. The number of unbranched alkanes of at least 4 members (excludes halogenated alkanes) is 1. The second-order valence-corrected chi connectivity index (χ2v) is 11.3. The van der Waals surface area contributed by atoms with Crippen molar-refractivity contribution in [3.8, 4) is 0 Å². The van der Waals surface area contributed by atoms with Gasteiger partial charge in [0, 0.05) is 55.1 Å². The first-order chi connectivity index (χ1) is 19.3. The SMILES string of the molecule is C=C(/C=C\N=C(C)CCC)C(F)(F)F.CC/C=C(Cl)/C(=C\C=C(/C)Cl)C(C)c1[nH]c2ccc(Cl)cc2c1CCCC. The number of nitrogens with one attached hydrogen (secondary N) is 1. The van der Waals surface area contributed by atoms with E-state index in [9.17, 15) is 13.2 Å². The lowest BCUT2D eigenvalue weighted by Crippen LogP contribution is -2.08. The molecule has 1 heterocycles. The molecule has 0 saturated carbocycles. The molecule has 0 bridgehead atoms. The van der Waals surface area contributed by atoms with Crippen molar-refractivity contribution in [1.29, 1.82) is 0 Å². The highest BCUT2D eigenvalue weighted by atomic mass is 35.5. The van der Waals surface area contributed by atoms with Crippen LogP contribution in [0.25, 0.3) is 10.9 Å². The van der Waals surface area contributed by atoms with Crippen LogP contribution in [0.3, 0.4) is 0 Å². The van der Waals surface area contributed by atoms with E-state index in [1.165, 1.54) is 16.6 Å². The number of hydrogen-bond acceptors (Lipinski definition) is 1. The van der Waals surface area contributed by atoms with Gasteiger partial charge in [-0.2, -0.15) is 13.2 Å². The van der Waals surface area contributed by atoms with Gasteiger partial charge in [-0.05, 0) is 81.0 Å². The van der Waals surface area contributed by atoms with E-state index in [-0.39, 0.29) is 5.92 Å². The molecule has 1 N–H and O–H groups in total. The van der Waals surface area contributed by atoms with Crippen LogP contribution in [0.15, 0.2) is 81.5 Å². The number of aliphatic imine (C=N–C) groups is 1. The Morgan fingerprint density at radius 3 is 2.34 bits per heavy atom. The van der Waals surface area contributed by atoms with Crippen molar-refractivity contribution in [3.63, 3.8) is 0 Å². The maximum atomic E-state index is 11.9. The van der Waals surface area contributed by atoms with Crippen LogP contribution in [-0.2, 0) is 6.42 Å². The van der Waals surface area contributed by atoms with Gasteiger partial charge in [0.25, 0.3) is 0 Å². The largest absolute Gasteiger partial charge is 0.415 e. The zero-order chi connectivity index (χ0) is 31.2. The van der Waals surface area contributed by atoms with Gasteiger partial charge in [-0.15, -0.1) is 0 Å². The lowest BCUT2D eigenvalue weighted by atomic mass is 9.91. The monoisotopic (exact) mass is 628 g/mol. The summed E-state index contributed by atoms with van der Waals surface area (Å²) >= 11 is 19.0. The summed E-state index contributed by atoms with van der Waals surface area (Å²) in [6.45, 7) is 15.0. The van der Waals surface area contributed by atoms with E-state index >= 15 is 0 Å². The quantitative estimate of drug-likeness (QED) is 0.179. The molecule has 2 aromatic rings. The predicted molar refractivity (Wildman–Crippen MR) is 175 cm³/mol. The number of H-pyrrole nitrogens is 1. The Hall–Kier alpha value is -2.21. The third kappa shape index (κ3) is 12.7. The summed E-state index contributed by atoms with van der Waals surface area (Å²) in [7, 11) is 0. The fourth-order valence-corrected chi connectivity index (χ4v) is 4.71. The van der Waals surface area contributed by atoms with Gasteiger partial charge in [0.2, 0.25) is 0 Å². The minimum atomic E-state index is -4.36. The van der Waals surface area contributed by atoms with E-state index in [0.29, 0.717) is 0 Å². The van der Waals surface area contributed by atoms with Gasteiger partial charge in [-0.1, -0.05) is 94.1 Å². The lowest BCUT2D eigenvalue weighted by molar-refractivity contribution is -0.0878. The van der Waals surface area contributed by atoms with Crippen molar-refractivity contribution >= 4 is 51.4 Å². The Morgan fingerprint density at radius 2 is 1.78 bits per heavy atom. The van der Waals surface area contributed by atoms with Gasteiger partial charge in [-0.25, -0.2) is 0 Å². The highest BCUT2D eigenvalue weighted by molar-refractivity contribution is 6.32. The van der Waals surface area contributed by atoms with Crippen LogP contribution in [0.1, 0.15) is 90.8 Å². The van der Waals surface area contributed by atoms with Gasteiger partial charge in [0.1, 0.15) is 0 Å². The summed E-state index contributed by atoms with van der Waals surface area (Å²) in [5, 5.41) is 3.48. The highest BCUT2D eigenvalue weighted by Crippen LogP contribution is 2.37. The standard InChI is InChI=1S/C23H28Cl3N.C10H14F3N/c1-5-7-9-19-20-14-17(25)11-13-22(20)27-23(19)16(4)18(12-10-15(3)24)21(26)8-6-2;1-4-5-9(3)14-7-6-8(2)10(11,12)13/h8,10-14,16,27H,5-7,9H2,1-4H3;6-7H,2,4-5H2,1,3H3/b15-10+,18-12-,21-8-;7-6-,14-9?.